The number of carboxylic acid groups (broad SMARTS) is 1. The van der Waals surface area contributed by atoms with Crippen LogP contribution in [0.15, 0.2) is 57.0 Å². The molecule has 0 unspecified atom stereocenters. The summed E-state index contributed by atoms with van der Waals surface area (Å²) in [4.78, 5) is 11.7. The number of hydrogen-bond donors (Lipinski definition) is 1. The van der Waals surface area contributed by atoms with Crippen LogP contribution in [0.4, 0.5) is 0 Å². The molecule has 0 aliphatic heterocycles. The van der Waals surface area contributed by atoms with Gasteiger partial charge in [0.05, 0.1) is 18.8 Å². The summed E-state index contributed by atoms with van der Waals surface area (Å²) in [6.45, 7) is 3.87. The van der Waals surface area contributed by atoms with Crippen molar-refractivity contribution in [3.05, 3.63) is 58.0 Å². The molecule has 3 aromatic rings. The maximum atomic E-state index is 11.7. The van der Waals surface area contributed by atoms with Gasteiger partial charge in [0, 0.05) is 5.02 Å². The van der Waals surface area contributed by atoms with Gasteiger partial charge >= 0.3 is 5.97 Å². The van der Waals surface area contributed by atoms with Crippen molar-refractivity contribution in [2.45, 2.75) is 25.2 Å². The topological polar surface area (TPSA) is 94.7 Å². The summed E-state index contributed by atoms with van der Waals surface area (Å²) in [5, 5.41) is 18.0. The van der Waals surface area contributed by atoms with E-state index >= 15 is 0 Å². The summed E-state index contributed by atoms with van der Waals surface area (Å²) >= 11 is 6.89. The van der Waals surface area contributed by atoms with Crippen molar-refractivity contribution in [1.82, 2.24) is 10.2 Å². The standard InChI is InChI=1S/C21H19ClN2O5S/c1-12(2)28-15-7-4-13(5-8-15)10-18(20(25)26)30-21-24-23-19(29-21)16-11-14(22)6-9-17(16)27-3/h4-12H,1-3H3,(H,25,26)/b18-10-. The van der Waals surface area contributed by atoms with E-state index < -0.39 is 5.97 Å². The number of aliphatic carboxylic acids is 1. The van der Waals surface area contributed by atoms with E-state index in [4.69, 9.17) is 25.5 Å². The molecule has 0 radical (unpaired) electrons. The summed E-state index contributed by atoms with van der Waals surface area (Å²) in [6.07, 6.45) is 1.58. The van der Waals surface area contributed by atoms with Gasteiger partial charge in [0.15, 0.2) is 0 Å². The number of carbonyl (C=O) groups is 1. The van der Waals surface area contributed by atoms with Crippen LogP contribution in [0.25, 0.3) is 17.5 Å². The molecule has 0 bridgehead atoms. The summed E-state index contributed by atoms with van der Waals surface area (Å²) in [5.41, 5.74) is 1.22. The lowest BCUT2D eigenvalue weighted by atomic mass is 10.2. The van der Waals surface area contributed by atoms with Crippen LogP contribution >= 0.6 is 23.4 Å². The number of benzene rings is 2. The van der Waals surface area contributed by atoms with E-state index in [2.05, 4.69) is 10.2 Å². The van der Waals surface area contributed by atoms with Crippen molar-refractivity contribution in [2.75, 3.05) is 7.11 Å². The maximum absolute atomic E-state index is 11.7. The van der Waals surface area contributed by atoms with Crippen molar-refractivity contribution in [2.24, 2.45) is 0 Å². The van der Waals surface area contributed by atoms with Gasteiger partial charge in [-0.1, -0.05) is 23.7 Å². The molecule has 30 heavy (non-hydrogen) atoms. The Balaban J connectivity index is 1.82. The number of nitrogens with zero attached hydrogens (tertiary/aromatic N) is 2. The lowest BCUT2D eigenvalue weighted by Crippen LogP contribution is -2.05. The lowest BCUT2D eigenvalue weighted by Gasteiger charge is -2.09. The Hall–Kier alpha value is -2.97. The van der Waals surface area contributed by atoms with E-state index in [1.807, 2.05) is 13.8 Å². The molecule has 3 rings (SSSR count). The van der Waals surface area contributed by atoms with Crippen LogP contribution < -0.4 is 9.47 Å². The van der Waals surface area contributed by atoms with Crippen LogP contribution in [0.5, 0.6) is 11.5 Å². The first-order chi connectivity index (χ1) is 14.4. The molecule has 9 heteroatoms. The molecule has 1 N–H and O–H groups in total. The summed E-state index contributed by atoms with van der Waals surface area (Å²) in [7, 11) is 1.52. The monoisotopic (exact) mass is 446 g/mol. The van der Waals surface area contributed by atoms with E-state index in [-0.39, 0.29) is 22.1 Å². The van der Waals surface area contributed by atoms with E-state index in [1.54, 1.807) is 42.5 Å². The smallest absolute Gasteiger partial charge is 0.342 e. The first kappa shape index (κ1) is 21.7. The number of methoxy groups -OCH3 is 1. The van der Waals surface area contributed by atoms with Crippen LogP contribution in [-0.4, -0.2) is 34.5 Å². The highest BCUT2D eigenvalue weighted by atomic mass is 35.5. The fraction of sp³-hybridized carbons (Fsp3) is 0.190. The van der Waals surface area contributed by atoms with Crippen molar-refractivity contribution in [3.8, 4) is 23.0 Å². The summed E-state index contributed by atoms with van der Waals surface area (Å²) in [6, 6.07) is 12.1. The fourth-order valence-corrected chi connectivity index (χ4v) is 3.35. The minimum Gasteiger partial charge on any atom is -0.496 e. The first-order valence-electron chi connectivity index (χ1n) is 8.92. The minimum atomic E-state index is -1.11. The highest BCUT2D eigenvalue weighted by Gasteiger charge is 2.18. The van der Waals surface area contributed by atoms with Gasteiger partial charge in [-0.25, -0.2) is 4.79 Å². The Bertz CT molecular complexity index is 1060. The second kappa shape index (κ2) is 9.69. The van der Waals surface area contributed by atoms with E-state index in [0.29, 0.717) is 27.6 Å². The van der Waals surface area contributed by atoms with Crippen LogP contribution in [0.2, 0.25) is 5.02 Å². The van der Waals surface area contributed by atoms with Gasteiger partial charge in [0.2, 0.25) is 0 Å². The third-order valence-corrected chi connectivity index (χ3v) is 4.84. The largest absolute Gasteiger partial charge is 0.496 e. The Kier molecular flexibility index (Phi) is 7.02. The highest BCUT2D eigenvalue weighted by molar-refractivity contribution is 8.03. The lowest BCUT2D eigenvalue weighted by molar-refractivity contribution is -0.131. The normalized spacial score (nSPS) is 11.6. The molecule has 7 nitrogen and oxygen atoms in total. The third-order valence-electron chi connectivity index (χ3n) is 3.76. The predicted molar refractivity (Wildman–Crippen MR) is 115 cm³/mol. The van der Waals surface area contributed by atoms with Crippen LogP contribution in [-0.2, 0) is 4.79 Å². The van der Waals surface area contributed by atoms with Gasteiger partial charge in [0.25, 0.3) is 11.1 Å². The zero-order chi connectivity index (χ0) is 21.7. The highest BCUT2D eigenvalue weighted by Crippen LogP contribution is 2.35. The molecule has 0 spiro atoms. The first-order valence-corrected chi connectivity index (χ1v) is 10.1. The number of thioether (sulfide) groups is 1. The van der Waals surface area contributed by atoms with Gasteiger partial charge in [0.1, 0.15) is 16.4 Å². The molecule has 0 amide bonds. The van der Waals surface area contributed by atoms with Crippen molar-refractivity contribution in [3.63, 3.8) is 0 Å². The Morgan fingerprint density at radius 2 is 1.93 bits per heavy atom. The molecule has 1 aromatic heterocycles. The van der Waals surface area contributed by atoms with E-state index in [1.165, 1.54) is 13.2 Å². The molecular weight excluding hydrogens is 428 g/mol. The van der Waals surface area contributed by atoms with Crippen LogP contribution in [0.3, 0.4) is 0 Å². The number of hydrogen-bond acceptors (Lipinski definition) is 7. The molecule has 0 saturated heterocycles. The van der Waals surface area contributed by atoms with Crippen LogP contribution in [0, 0.1) is 0 Å². The SMILES string of the molecule is COc1ccc(Cl)cc1-c1nnc(S/C(=C\c2ccc(OC(C)C)cc2)C(=O)O)o1. The molecule has 156 valence electrons. The van der Waals surface area contributed by atoms with Gasteiger partial charge in [-0.05, 0) is 67.6 Å². The Morgan fingerprint density at radius 1 is 1.20 bits per heavy atom. The summed E-state index contributed by atoms with van der Waals surface area (Å²) in [5.74, 6) is 0.292. The van der Waals surface area contributed by atoms with E-state index in [0.717, 1.165) is 11.8 Å². The Labute approximate surface area is 182 Å². The minimum absolute atomic E-state index is 0.0285. The quantitative estimate of drug-likeness (QED) is 0.363. The third kappa shape index (κ3) is 5.55. The molecule has 0 fully saturated rings. The average molecular weight is 447 g/mol. The number of carboxylic acids is 1. The number of aromatic nitrogens is 2. The second-order valence-electron chi connectivity index (χ2n) is 6.37. The molecule has 1 heterocycles. The number of ether oxygens (including phenoxy) is 2. The van der Waals surface area contributed by atoms with Crippen molar-refractivity contribution < 1.29 is 23.8 Å². The number of rotatable bonds is 8. The summed E-state index contributed by atoms with van der Waals surface area (Å²) < 4.78 is 16.5. The molecule has 0 atom stereocenters. The molecule has 0 aliphatic carbocycles. The second-order valence-corrected chi connectivity index (χ2v) is 7.80. The molecule has 0 aliphatic rings. The van der Waals surface area contributed by atoms with Crippen LogP contribution in [0.1, 0.15) is 19.4 Å². The van der Waals surface area contributed by atoms with Gasteiger partial charge in [-0.3, -0.25) is 0 Å². The van der Waals surface area contributed by atoms with Gasteiger partial charge in [-0.15, -0.1) is 10.2 Å². The van der Waals surface area contributed by atoms with Gasteiger partial charge in [-0.2, -0.15) is 0 Å². The van der Waals surface area contributed by atoms with Crippen molar-refractivity contribution in [1.29, 1.82) is 0 Å². The Morgan fingerprint density at radius 3 is 2.57 bits per heavy atom. The van der Waals surface area contributed by atoms with E-state index in [9.17, 15) is 9.90 Å². The molecule has 0 saturated carbocycles. The molecule has 2 aromatic carbocycles. The number of halogens is 1. The molecular formula is C21H19ClN2O5S. The zero-order valence-corrected chi connectivity index (χ0v) is 18.0. The van der Waals surface area contributed by atoms with Crippen molar-refractivity contribution >= 4 is 35.4 Å². The maximum Gasteiger partial charge on any atom is 0.342 e. The zero-order valence-electron chi connectivity index (χ0n) is 16.5. The fourth-order valence-electron chi connectivity index (χ4n) is 2.50. The van der Waals surface area contributed by atoms with Gasteiger partial charge < -0.3 is 19.0 Å². The average Bonchev–Trinajstić information content (AvgIpc) is 3.17. The predicted octanol–water partition coefficient (Wildman–Crippen LogP) is 5.40.